The van der Waals surface area contributed by atoms with Gasteiger partial charge in [-0.3, -0.25) is 9.48 Å². The van der Waals surface area contributed by atoms with Crippen LogP contribution >= 0.6 is 0 Å². The Morgan fingerprint density at radius 1 is 1.11 bits per heavy atom. The van der Waals surface area contributed by atoms with Crippen molar-refractivity contribution in [3.05, 3.63) is 65.0 Å². The molecule has 0 unspecified atom stereocenters. The van der Waals surface area contributed by atoms with E-state index in [4.69, 9.17) is 4.74 Å². The summed E-state index contributed by atoms with van der Waals surface area (Å²) < 4.78 is 7.43. The molecule has 1 amide bonds. The Bertz CT molecular complexity index is 1240. The maximum Gasteiger partial charge on any atom is 0.252 e. The van der Waals surface area contributed by atoms with Crippen molar-refractivity contribution in [1.82, 2.24) is 20.4 Å². The number of methoxy groups -OCH3 is 1. The molecular formula is C28H35N5O2. The molecule has 0 radical (unpaired) electrons. The topological polar surface area (TPSA) is 71.4 Å². The van der Waals surface area contributed by atoms with Crippen molar-refractivity contribution in [2.75, 3.05) is 25.1 Å². The largest absolute Gasteiger partial charge is 0.496 e. The van der Waals surface area contributed by atoms with Crippen LogP contribution < -0.4 is 20.3 Å². The smallest absolute Gasteiger partial charge is 0.252 e. The highest BCUT2D eigenvalue weighted by Gasteiger charge is 2.32. The second kappa shape index (κ2) is 9.38. The van der Waals surface area contributed by atoms with Crippen molar-refractivity contribution < 1.29 is 9.53 Å². The molecule has 7 heteroatoms. The molecule has 2 aliphatic heterocycles. The van der Waals surface area contributed by atoms with Crippen molar-refractivity contribution in [2.45, 2.75) is 51.7 Å². The van der Waals surface area contributed by atoms with Crippen molar-refractivity contribution >= 4 is 11.6 Å². The number of hydrogen-bond acceptors (Lipinski definition) is 5. The molecule has 5 rings (SSSR count). The monoisotopic (exact) mass is 473 g/mol. The number of nitrogens with zero attached hydrogens (tertiary/aromatic N) is 3. The second-order valence-electron chi connectivity index (χ2n) is 10.00. The molecule has 2 N–H and O–H groups in total. The van der Waals surface area contributed by atoms with E-state index >= 15 is 0 Å². The number of fused-ring (bicyclic) bond motifs is 2. The lowest BCUT2D eigenvalue weighted by molar-refractivity contribution is 0.0939. The molecule has 3 atom stereocenters. The summed E-state index contributed by atoms with van der Waals surface area (Å²) >= 11 is 0. The van der Waals surface area contributed by atoms with Gasteiger partial charge < -0.3 is 20.3 Å². The second-order valence-corrected chi connectivity index (χ2v) is 10.00. The van der Waals surface area contributed by atoms with Gasteiger partial charge in [0, 0.05) is 60.8 Å². The van der Waals surface area contributed by atoms with Crippen LogP contribution in [0.15, 0.2) is 42.6 Å². The third-order valence-electron chi connectivity index (χ3n) is 7.42. The number of carbonyl (C=O) groups is 1. The van der Waals surface area contributed by atoms with E-state index in [1.807, 2.05) is 50.8 Å². The van der Waals surface area contributed by atoms with Gasteiger partial charge in [-0.05, 0) is 69.0 Å². The molecule has 0 spiro atoms. The zero-order valence-electron chi connectivity index (χ0n) is 21.3. The lowest BCUT2D eigenvalue weighted by atomic mass is 9.99. The number of ether oxygens (including phenoxy) is 1. The lowest BCUT2D eigenvalue weighted by Crippen LogP contribution is -2.51. The molecule has 2 aliphatic rings. The van der Waals surface area contributed by atoms with Crippen LogP contribution in [0.2, 0.25) is 0 Å². The maximum absolute atomic E-state index is 13.4. The zero-order chi connectivity index (χ0) is 24.7. The van der Waals surface area contributed by atoms with Crippen molar-refractivity contribution in [3.63, 3.8) is 0 Å². The predicted molar refractivity (Wildman–Crippen MR) is 139 cm³/mol. The number of rotatable bonds is 6. The summed E-state index contributed by atoms with van der Waals surface area (Å²) in [5.74, 6) is 0.738. The van der Waals surface area contributed by atoms with Crippen LogP contribution in [-0.2, 0) is 7.05 Å². The molecule has 1 aromatic heterocycles. The van der Waals surface area contributed by atoms with E-state index < -0.39 is 0 Å². The van der Waals surface area contributed by atoms with Gasteiger partial charge in [0.2, 0.25) is 0 Å². The van der Waals surface area contributed by atoms with Crippen molar-refractivity contribution in [1.29, 1.82) is 0 Å². The Labute approximate surface area is 207 Å². The average Bonchev–Trinajstić information content (AvgIpc) is 3.37. The molecule has 2 aromatic carbocycles. The van der Waals surface area contributed by atoms with Gasteiger partial charge >= 0.3 is 0 Å². The van der Waals surface area contributed by atoms with E-state index in [-0.39, 0.29) is 11.9 Å². The van der Waals surface area contributed by atoms with Gasteiger partial charge in [0.15, 0.2) is 0 Å². The first-order valence-corrected chi connectivity index (χ1v) is 12.4. The molecule has 0 aliphatic carbocycles. The average molecular weight is 474 g/mol. The summed E-state index contributed by atoms with van der Waals surface area (Å²) in [4.78, 5) is 15.8. The number of amides is 1. The zero-order valence-corrected chi connectivity index (χ0v) is 21.3. The Hall–Kier alpha value is -3.32. The van der Waals surface area contributed by atoms with Gasteiger partial charge in [-0.25, -0.2) is 0 Å². The van der Waals surface area contributed by atoms with Gasteiger partial charge in [0.25, 0.3) is 5.91 Å². The third kappa shape index (κ3) is 4.65. The number of carbonyl (C=O) groups excluding carboxylic acids is 1. The predicted octanol–water partition coefficient (Wildman–Crippen LogP) is 4.14. The number of anilines is 1. The van der Waals surface area contributed by atoms with Gasteiger partial charge in [-0.2, -0.15) is 5.10 Å². The number of aryl methyl sites for hydroxylation is 3. The van der Waals surface area contributed by atoms with Crippen molar-refractivity contribution in [3.8, 4) is 16.9 Å². The summed E-state index contributed by atoms with van der Waals surface area (Å²) in [7, 11) is 3.59. The Morgan fingerprint density at radius 3 is 2.51 bits per heavy atom. The van der Waals surface area contributed by atoms with Gasteiger partial charge in [0.05, 0.1) is 18.8 Å². The fourth-order valence-corrected chi connectivity index (χ4v) is 5.49. The number of piperazine rings is 1. The van der Waals surface area contributed by atoms with Crippen LogP contribution in [0.25, 0.3) is 11.1 Å². The highest BCUT2D eigenvalue weighted by Crippen LogP contribution is 2.34. The van der Waals surface area contributed by atoms with Crippen LogP contribution in [0.3, 0.4) is 0 Å². The maximum atomic E-state index is 13.4. The quantitative estimate of drug-likeness (QED) is 0.563. The van der Waals surface area contributed by atoms with Crippen LogP contribution in [0.1, 0.15) is 53.0 Å². The van der Waals surface area contributed by atoms with Crippen LogP contribution in [0.4, 0.5) is 5.69 Å². The molecule has 7 nitrogen and oxygen atoms in total. The molecule has 3 aromatic rings. The first kappa shape index (κ1) is 23.4. The SMILES string of the molecule is COc1ccc([C@@H](C)NC(=O)c2cc(N3C[C@H]4CC[C@@H](C3)N4)ccc2C)cc1-c1cn(C)nc1C. The fourth-order valence-electron chi connectivity index (χ4n) is 5.49. The minimum Gasteiger partial charge on any atom is -0.496 e. The summed E-state index contributed by atoms with van der Waals surface area (Å²) in [6.07, 6.45) is 4.47. The highest BCUT2D eigenvalue weighted by molar-refractivity contribution is 5.97. The first-order valence-electron chi connectivity index (χ1n) is 12.4. The van der Waals surface area contributed by atoms with Gasteiger partial charge in [-0.15, -0.1) is 0 Å². The summed E-state index contributed by atoms with van der Waals surface area (Å²) in [6.45, 7) is 8.01. The minimum atomic E-state index is -0.165. The normalized spacial score (nSPS) is 20.1. The molecule has 35 heavy (non-hydrogen) atoms. The Morgan fingerprint density at radius 2 is 1.86 bits per heavy atom. The van der Waals surface area contributed by atoms with E-state index in [1.165, 1.54) is 12.8 Å². The molecule has 3 heterocycles. The van der Waals surface area contributed by atoms with E-state index in [2.05, 4.69) is 44.9 Å². The van der Waals surface area contributed by atoms with Crippen LogP contribution in [0, 0.1) is 13.8 Å². The molecule has 2 fully saturated rings. The van der Waals surface area contributed by atoms with E-state index in [9.17, 15) is 4.79 Å². The van der Waals surface area contributed by atoms with Crippen LogP contribution in [-0.4, -0.2) is 48.0 Å². The molecular weight excluding hydrogens is 438 g/mol. The van der Waals surface area contributed by atoms with Gasteiger partial charge in [0.1, 0.15) is 5.75 Å². The summed E-state index contributed by atoms with van der Waals surface area (Å²) in [5, 5.41) is 11.4. The number of hydrogen-bond donors (Lipinski definition) is 2. The van der Waals surface area contributed by atoms with E-state index in [0.717, 1.165) is 58.0 Å². The van der Waals surface area contributed by atoms with E-state index in [0.29, 0.717) is 12.1 Å². The molecule has 184 valence electrons. The third-order valence-corrected chi connectivity index (χ3v) is 7.42. The molecule has 0 saturated carbocycles. The van der Waals surface area contributed by atoms with Crippen LogP contribution in [0.5, 0.6) is 5.75 Å². The Kier molecular flexibility index (Phi) is 6.28. The fraction of sp³-hybridized carbons (Fsp3) is 0.429. The van der Waals surface area contributed by atoms with Gasteiger partial charge in [-0.1, -0.05) is 12.1 Å². The lowest BCUT2D eigenvalue weighted by Gasteiger charge is -2.35. The standard InChI is InChI=1S/C28H35N5O2/c1-17-6-10-23(33-14-21-8-9-22(15-33)30-21)13-24(17)28(34)29-18(2)20-7-11-27(35-5)25(12-20)26-16-32(4)31-19(26)3/h6-7,10-13,16,18,21-22,30H,8-9,14-15H2,1-5H3,(H,29,34)/t18-,21-,22+/m1/s1. The number of aromatic nitrogens is 2. The molecule has 2 bridgehead atoms. The summed E-state index contributed by atoms with van der Waals surface area (Å²) in [5.41, 5.74) is 6.81. The first-order chi connectivity index (χ1) is 16.8. The van der Waals surface area contributed by atoms with E-state index in [1.54, 1.807) is 7.11 Å². The summed E-state index contributed by atoms with van der Waals surface area (Å²) in [6, 6.07) is 13.3. The van der Waals surface area contributed by atoms with Crippen molar-refractivity contribution in [2.24, 2.45) is 7.05 Å². The highest BCUT2D eigenvalue weighted by atomic mass is 16.5. The number of nitrogens with one attached hydrogen (secondary N) is 2. The minimum absolute atomic E-state index is 0.0510. The number of benzene rings is 2. The molecule has 2 saturated heterocycles. The Balaban J connectivity index is 1.37.